The number of benzene rings is 2. The van der Waals surface area contributed by atoms with Gasteiger partial charge in [-0.3, -0.25) is 19.7 Å². The fraction of sp³-hybridized carbons (Fsp3) is 0.263. The van der Waals surface area contributed by atoms with E-state index < -0.39 is 16.7 Å². The molecule has 5 N–H and O–H groups in total. The molecule has 0 radical (unpaired) electrons. The Hall–Kier alpha value is -3.37. The summed E-state index contributed by atoms with van der Waals surface area (Å²) in [5.74, 6) is -0.901. The van der Waals surface area contributed by atoms with Gasteiger partial charge < -0.3 is 26.4 Å². The lowest BCUT2D eigenvalue weighted by molar-refractivity contribution is -0.384. The number of nitrogens with zero attached hydrogens (tertiary/aromatic N) is 1. The molecule has 0 saturated heterocycles. The highest BCUT2D eigenvalue weighted by Gasteiger charge is 2.13. The van der Waals surface area contributed by atoms with Crippen molar-refractivity contribution in [2.24, 2.45) is 0 Å². The Balaban J connectivity index is 1.90. The molecular weight excluding hydrogens is 414 g/mol. The van der Waals surface area contributed by atoms with Crippen molar-refractivity contribution in [2.45, 2.75) is 6.92 Å². The van der Waals surface area contributed by atoms with Crippen LogP contribution in [0.3, 0.4) is 0 Å². The number of nitro groups is 1. The van der Waals surface area contributed by atoms with E-state index in [9.17, 15) is 19.7 Å². The number of hydrogen-bond acceptors (Lipinski definition) is 7. The number of rotatable bonds is 10. The van der Waals surface area contributed by atoms with Crippen LogP contribution in [0.2, 0.25) is 5.02 Å². The van der Waals surface area contributed by atoms with Crippen LogP contribution >= 0.6 is 11.6 Å². The van der Waals surface area contributed by atoms with Gasteiger partial charge in [0.2, 0.25) is 11.8 Å². The van der Waals surface area contributed by atoms with Crippen molar-refractivity contribution in [3.8, 4) is 0 Å². The smallest absolute Gasteiger partial charge is 0.271 e. The van der Waals surface area contributed by atoms with Crippen molar-refractivity contribution in [2.75, 3.05) is 42.2 Å². The van der Waals surface area contributed by atoms with Gasteiger partial charge in [0.25, 0.3) is 5.69 Å². The predicted octanol–water partition coefficient (Wildman–Crippen LogP) is 2.13. The Morgan fingerprint density at radius 3 is 2.53 bits per heavy atom. The van der Waals surface area contributed by atoms with Crippen LogP contribution in [0.25, 0.3) is 0 Å². The van der Waals surface area contributed by atoms with Gasteiger partial charge in [0.05, 0.1) is 36.0 Å². The number of carbonyl (C=O) groups excluding carboxylic acids is 2. The van der Waals surface area contributed by atoms with Gasteiger partial charge in [-0.2, -0.15) is 0 Å². The van der Waals surface area contributed by atoms with Crippen molar-refractivity contribution in [1.29, 1.82) is 0 Å². The van der Waals surface area contributed by atoms with Crippen LogP contribution in [0.4, 0.5) is 22.7 Å². The van der Waals surface area contributed by atoms with Crippen molar-refractivity contribution in [3.63, 3.8) is 0 Å². The quantitative estimate of drug-likeness (QED) is 0.284. The zero-order valence-corrected chi connectivity index (χ0v) is 17.0. The largest absolute Gasteiger partial charge is 0.395 e. The molecule has 0 spiro atoms. The Kier molecular flexibility index (Phi) is 8.39. The van der Waals surface area contributed by atoms with E-state index in [2.05, 4.69) is 21.3 Å². The van der Waals surface area contributed by atoms with E-state index in [1.54, 1.807) is 25.1 Å². The molecule has 30 heavy (non-hydrogen) atoms. The molecule has 0 saturated carbocycles. The third-order valence-corrected chi connectivity index (χ3v) is 4.48. The predicted molar refractivity (Wildman–Crippen MR) is 115 cm³/mol. The van der Waals surface area contributed by atoms with Gasteiger partial charge in [0.15, 0.2) is 0 Å². The van der Waals surface area contributed by atoms with E-state index in [1.165, 1.54) is 18.2 Å². The Bertz CT molecular complexity index is 938. The molecule has 160 valence electrons. The molecule has 0 aliphatic heterocycles. The first-order valence-electron chi connectivity index (χ1n) is 9.00. The van der Waals surface area contributed by atoms with Gasteiger partial charge in [-0.15, -0.1) is 0 Å². The number of carbonyl (C=O) groups is 2. The number of amides is 2. The third kappa shape index (κ3) is 6.61. The maximum atomic E-state index is 12.1. The Labute approximate surface area is 177 Å². The molecule has 0 bridgehead atoms. The molecule has 0 atom stereocenters. The first-order valence-corrected chi connectivity index (χ1v) is 9.38. The van der Waals surface area contributed by atoms with Gasteiger partial charge in [-0.1, -0.05) is 17.7 Å². The average molecular weight is 436 g/mol. The molecule has 10 nitrogen and oxygen atoms in total. The van der Waals surface area contributed by atoms with Gasteiger partial charge in [-0.05, 0) is 30.7 Å². The fourth-order valence-corrected chi connectivity index (χ4v) is 2.67. The molecule has 0 aromatic heterocycles. The summed E-state index contributed by atoms with van der Waals surface area (Å²) in [7, 11) is 0. The number of nitro benzene ring substituents is 1. The summed E-state index contributed by atoms with van der Waals surface area (Å²) < 4.78 is 0. The molecule has 11 heteroatoms. The minimum absolute atomic E-state index is 0.127. The molecule has 2 aromatic carbocycles. The number of aliphatic hydroxyl groups is 1. The second-order valence-corrected chi connectivity index (χ2v) is 6.64. The molecule has 0 aliphatic rings. The number of aliphatic hydroxyl groups excluding tert-OH is 1. The van der Waals surface area contributed by atoms with Gasteiger partial charge in [0, 0.05) is 29.4 Å². The van der Waals surface area contributed by atoms with Crippen LogP contribution in [0.1, 0.15) is 5.56 Å². The summed E-state index contributed by atoms with van der Waals surface area (Å²) in [6.45, 7) is 1.41. The SMILES string of the molecule is Cc1c(Cl)cccc1NC(=O)CNC(=O)CNc1cc([N+](=O)[O-])ccc1NCCO. The van der Waals surface area contributed by atoms with E-state index in [4.69, 9.17) is 16.7 Å². The van der Waals surface area contributed by atoms with E-state index in [-0.39, 0.29) is 31.9 Å². The fourth-order valence-electron chi connectivity index (χ4n) is 2.49. The van der Waals surface area contributed by atoms with E-state index in [1.807, 2.05) is 0 Å². The van der Waals surface area contributed by atoms with Crippen LogP contribution in [-0.2, 0) is 9.59 Å². The summed E-state index contributed by atoms with van der Waals surface area (Å²) in [6, 6.07) is 9.18. The standard InChI is InChI=1S/C19H22ClN5O5/c1-12-14(20)3-2-4-15(12)24-19(28)11-23-18(27)10-22-17-9-13(25(29)30)5-6-16(17)21-7-8-26/h2-6,9,21-22,26H,7-8,10-11H2,1H3,(H,23,27)(H,24,28). The first-order chi connectivity index (χ1) is 14.3. The van der Waals surface area contributed by atoms with Crippen LogP contribution in [0.15, 0.2) is 36.4 Å². The monoisotopic (exact) mass is 435 g/mol. The second kappa shape index (κ2) is 11.0. The number of nitrogens with one attached hydrogen (secondary N) is 4. The molecule has 0 unspecified atom stereocenters. The Morgan fingerprint density at radius 2 is 1.83 bits per heavy atom. The van der Waals surface area contributed by atoms with Crippen molar-refractivity contribution >= 4 is 46.2 Å². The highest BCUT2D eigenvalue weighted by atomic mass is 35.5. The van der Waals surface area contributed by atoms with Gasteiger partial charge in [-0.25, -0.2) is 0 Å². The van der Waals surface area contributed by atoms with Crippen LogP contribution in [-0.4, -0.2) is 48.1 Å². The van der Waals surface area contributed by atoms with E-state index in [0.717, 1.165) is 0 Å². The zero-order valence-electron chi connectivity index (χ0n) is 16.2. The zero-order chi connectivity index (χ0) is 22.1. The summed E-state index contributed by atoms with van der Waals surface area (Å²) in [4.78, 5) is 34.5. The second-order valence-electron chi connectivity index (χ2n) is 6.23. The van der Waals surface area contributed by atoms with Crippen LogP contribution in [0.5, 0.6) is 0 Å². The lowest BCUT2D eigenvalue weighted by Gasteiger charge is -2.13. The minimum atomic E-state index is -0.552. The van der Waals surface area contributed by atoms with E-state index in [0.29, 0.717) is 27.6 Å². The van der Waals surface area contributed by atoms with Crippen molar-refractivity contribution in [1.82, 2.24) is 5.32 Å². The first kappa shape index (κ1) is 22.9. The summed E-state index contributed by atoms with van der Waals surface area (Å²) in [6.07, 6.45) is 0. The number of non-ortho nitro benzene ring substituents is 1. The molecule has 0 fully saturated rings. The number of hydrogen-bond donors (Lipinski definition) is 5. The van der Waals surface area contributed by atoms with Crippen LogP contribution in [0, 0.1) is 17.0 Å². The lowest BCUT2D eigenvalue weighted by Crippen LogP contribution is -2.36. The minimum Gasteiger partial charge on any atom is -0.395 e. The molecule has 2 amide bonds. The molecule has 0 heterocycles. The summed E-state index contributed by atoms with van der Waals surface area (Å²) in [5.41, 5.74) is 1.94. The van der Waals surface area contributed by atoms with E-state index >= 15 is 0 Å². The van der Waals surface area contributed by atoms with Crippen molar-refractivity contribution in [3.05, 3.63) is 57.1 Å². The molecule has 0 aliphatic carbocycles. The van der Waals surface area contributed by atoms with Gasteiger partial charge in [0.1, 0.15) is 0 Å². The maximum absolute atomic E-state index is 12.1. The van der Waals surface area contributed by atoms with Crippen LogP contribution < -0.4 is 21.3 Å². The molecule has 2 rings (SSSR count). The summed E-state index contributed by atoms with van der Waals surface area (Å²) >= 11 is 6.01. The Morgan fingerprint density at radius 1 is 1.07 bits per heavy atom. The normalized spacial score (nSPS) is 10.2. The number of anilines is 3. The lowest BCUT2D eigenvalue weighted by atomic mass is 10.2. The third-order valence-electron chi connectivity index (χ3n) is 4.07. The highest BCUT2D eigenvalue weighted by molar-refractivity contribution is 6.31. The number of halogens is 1. The molecule has 2 aromatic rings. The summed E-state index contributed by atoms with van der Waals surface area (Å²) in [5, 5.41) is 31.3. The van der Waals surface area contributed by atoms with Crippen molar-refractivity contribution < 1.29 is 19.6 Å². The maximum Gasteiger partial charge on any atom is 0.271 e. The topological polar surface area (TPSA) is 146 Å². The van der Waals surface area contributed by atoms with Gasteiger partial charge >= 0.3 is 0 Å². The highest BCUT2D eigenvalue weighted by Crippen LogP contribution is 2.27. The molecular formula is C19H22ClN5O5. The average Bonchev–Trinajstić information content (AvgIpc) is 2.72.